The quantitative estimate of drug-likeness (QED) is 0.677. The highest BCUT2D eigenvalue weighted by Crippen LogP contribution is 2.30. The topological polar surface area (TPSA) is 12.0 Å². The molecule has 1 aliphatic rings. The first-order valence-electron chi connectivity index (χ1n) is 5.97. The molecule has 0 aromatic carbocycles. The minimum Gasteiger partial charge on any atom is -0.303 e. The fraction of sp³-hybridized carbons (Fsp3) is 0.846. The Hall–Kier alpha value is -0.480. The largest absolute Gasteiger partial charge is 0.303 e. The standard InChI is InChI=1S/C13H23N/c1-4-10-14-13(5-2)12-8-6-11(3)7-9-12/h2,11-14H,4,6-10H2,1,3H3. The lowest BCUT2D eigenvalue weighted by Gasteiger charge is -2.30. The van der Waals surface area contributed by atoms with Gasteiger partial charge in [-0.2, -0.15) is 0 Å². The Balaban J connectivity index is 2.34. The van der Waals surface area contributed by atoms with Crippen LogP contribution in [0.3, 0.4) is 0 Å². The number of hydrogen-bond acceptors (Lipinski definition) is 1. The molecule has 0 radical (unpaired) electrons. The molecule has 1 atom stereocenters. The molecule has 0 bridgehead atoms. The van der Waals surface area contributed by atoms with Gasteiger partial charge in [0.25, 0.3) is 0 Å². The molecule has 1 rings (SSSR count). The lowest BCUT2D eigenvalue weighted by atomic mass is 9.79. The molecule has 1 heteroatoms. The molecule has 0 aromatic heterocycles. The summed E-state index contributed by atoms with van der Waals surface area (Å²) in [6.07, 6.45) is 12.1. The van der Waals surface area contributed by atoms with Crippen molar-refractivity contribution < 1.29 is 0 Å². The van der Waals surface area contributed by atoms with Crippen LogP contribution >= 0.6 is 0 Å². The Bertz CT molecular complexity index is 184. The third-order valence-electron chi connectivity index (χ3n) is 3.33. The zero-order valence-electron chi connectivity index (χ0n) is 9.55. The van der Waals surface area contributed by atoms with E-state index < -0.39 is 0 Å². The van der Waals surface area contributed by atoms with Crippen molar-refractivity contribution in [2.75, 3.05) is 6.54 Å². The number of hydrogen-bond donors (Lipinski definition) is 1. The van der Waals surface area contributed by atoms with Crippen LogP contribution in [0.25, 0.3) is 0 Å². The minimum absolute atomic E-state index is 0.322. The van der Waals surface area contributed by atoms with Crippen LogP contribution < -0.4 is 5.32 Å². The lowest BCUT2D eigenvalue weighted by molar-refractivity contribution is 0.257. The summed E-state index contributed by atoms with van der Waals surface area (Å²) in [7, 11) is 0. The molecule has 1 saturated carbocycles. The summed E-state index contributed by atoms with van der Waals surface area (Å²) in [6.45, 7) is 5.59. The molecule has 1 unspecified atom stereocenters. The molecule has 14 heavy (non-hydrogen) atoms. The predicted octanol–water partition coefficient (Wildman–Crippen LogP) is 2.81. The Labute approximate surface area is 88.7 Å². The molecule has 0 heterocycles. The van der Waals surface area contributed by atoms with Gasteiger partial charge in [0, 0.05) is 0 Å². The van der Waals surface area contributed by atoms with E-state index in [1.807, 2.05) is 0 Å². The molecule has 0 aliphatic heterocycles. The van der Waals surface area contributed by atoms with Crippen LogP contribution in [0.2, 0.25) is 0 Å². The average Bonchev–Trinajstić information content (AvgIpc) is 2.21. The Kier molecular flexibility index (Phi) is 5.04. The maximum Gasteiger partial charge on any atom is 0.0715 e. The third kappa shape index (κ3) is 3.35. The first kappa shape index (κ1) is 11.6. The van der Waals surface area contributed by atoms with Crippen molar-refractivity contribution in [2.45, 2.75) is 52.0 Å². The van der Waals surface area contributed by atoms with Gasteiger partial charge in [-0.15, -0.1) is 6.42 Å². The van der Waals surface area contributed by atoms with Gasteiger partial charge in [-0.05, 0) is 37.6 Å². The summed E-state index contributed by atoms with van der Waals surface area (Å²) in [6, 6.07) is 0.322. The van der Waals surface area contributed by atoms with Crippen LogP contribution in [0, 0.1) is 24.2 Å². The van der Waals surface area contributed by atoms with Crippen LogP contribution in [0.5, 0.6) is 0 Å². The number of nitrogens with one attached hydrogen (secondary N) is 1. The zero-order valence-corrected chi connectivity index (χ0v) is 9.55. The summed E-state index contributed by atoms with van der Waals surface area (Å²) in [5.74, 6) is 4.55. The van der Waals surface area contributed by atoms with E-state index in [2.05, 4.69) is 25.1 Å². The van der Waals surface area contributed by atoms with Gasteiger partial charge in [-0.25, -0.2) is 0 Å². The van der Waals surface area contributed by atoms with E-state index in [9.17, 15) is 0 Å². The van der Waals surface area contributed by atoms with Crippen LogP contribution in [0.4, 0.5) is 0 Å². The van der Waals surface area contributed by atoms with Gasteiger partial charge in [0.15, 0.2) is 0 Å². The fourth-order valence-electron chi connectivity index (χ4n) is 2.28. The second-order valence-electron chi connectivity index (χ2n) is 4.62. The molecule has 0 aromatic rings. The Morgan fingerprint density at radius 2 is 2.00 bits per heavy atom. The van der Waals surface area contributed by atoms with Crippen LogP contribution in [-0.2, 0) is 0 Å². The lowest BCUT2D eigenvalue weighted by Crippen LogP contribution is -2.37. The summed E-state index contributed by atoms with van der Waals surface area (Å²) >= 11 is 0. The first-order chi connectivity index (χ1) is 6.77. The van der Waals surface area contributed by atoms with Gasteiger partial charge in [0.1, 0.15) is 0 Å². The van der Waals surface area contributed by atoms with Crippen LogP contribution in [0.15, 0.2) is 0 Å². The molecule has 0 spiro atoms. The smallest absolute Gasteiger partial charge is 0.0715 e. The molecule has 0 saturated heterocycles. The van der Waals surface area contributed by atoms with Crippen molar-refractivity contribution in [1.29, 1.82) is 0 Å². The van der Waals surface area contributed by atoms with E-state index in [4.69, 9.17) is 6.42 Å². The van der Waals surface area contributed by atoms with E-state index in [1.54, 1.807) is 0 Å². The monoisotopic (exact) mass is 193 g/mol. The Morgan fingerprint density at radius 1 is 1.36 bits per heavy atom. The summed E-state index contributed by atoms with van der Waals surface area (Å²) in [5.41, 5.74) is 0. The summed E-state index contributed by atoms with van der Waals surface area (Å²) < 4.78 is 0. The third-order valence-corrected chi connectivity index (χ3v) is 3.33. The second-order valence-corrected chi connectivity index (χ2v) is 4.62. The van der Waals surface area contributed by atoms with Gasteiger partial charge in [0.2, 0.25) is 0 Å². The average molecular weight is 193 g/mol. The Morgan fingerprint density at radius 3 is 2.50 bits per heavy atom. The van der Waals surface area contributed by atoms with Crippen molar-refractivity contribution in [3.8, 4) is 12.3 Å². The minimum atomic E-state index is 0.322. The highest BCUT2D eigenvalue weighted by Gasteiger charge is 2.23. The molecule has 1 N–H and O–H groups in total. The maximum absolute atomic E-state index is 5.57. The number of rotatable bonds is 4. The highest BCUT2D eigenvalue weighted by molar-refractivity contribution is 5.02. The summed E-state index contributed by atoms with van der Waals surface area (Å²) in [4.78, 5) is 0. The van der Waals surface area contributed by atoms with Gasteiger partial charge in [-0.1, -0.05) is 32.6 Å². The predicted molar refractivity (Wildman–Crippen MR) is 62.0 cm³/mol. The number of terminal acetylenes is 1. The van der Waals surface area contributed by atoms with Crippen LogP contribution in [-0.4, -0.2) is 12.6 Å². The molecule has 1 fully saturated rings. The van der Waals surface area contributed by atoms with E-state index in [0.29, 0.717) is 6.04 Å². The maximum atomic E-state index is 5.57. The summed E-state index contributed by atoms with van der Waals surface area (Å²) in [5, 5.41) is 3.47. The second kappa shape index (κ2) is 6.09. The van der Waals surface area contributed by atoms with Crippen molar-refractivity contribution in [1.82, 2.24) is 5.32 Å². The van der Waals surface area contributed by atoms with Crippen molar-refractivity contribution in [3.63, 3.8) is 0 Å². The molecule has 1 nitrogen and oxygen atoms in total. The zero-order chi connectivity index (χ0) is 10.4. The van der Waals surface area contributed by atoms with Gasteiger partial charge < -0.3 is 5.32 Å². The first-order valence-corrected chi connectivity index (χ1v) is 5.97. The molecular formula is C13H23N. The SMILES string of the molecule is C#CC(NCCC)C1CCC(C)CC1. The van der Waals surface area contributed by atoms with E-state index >= 15 is 0 Å². The van der Waals surface area contributed by atoms with Crippen molar-refractivity contribution in [2.24, 2.45) is 11.8 Å². The molecule has 80 valence electrons. The molecular weight excluding hydrogens is 170 g/mol. The normalized spacial score (nSPS) is 29.5. The van der Waals surface area contributed by atoms with E-state index in [-0.39, 0.29) is 0 Å². The van der Waals surface area contributed by atoms with Gasteiger partial charge >= 0.3 is 0 Å². The van der Waals surface area contributed by atoms with Crippen molar-refractivity contribution in [3.05, 3.63) is 0 Å². The van der Waals surface area contributed by atoms with E-state index in [0.717, 1.165) is 18.4 Å². The van der Waals surface area contributed by atoms with Gasteiger partial charge in [0.05, 0.1) is 6.04 Å². The molecule has 0 amide bonds. The van der Waals surface area contributed by atoms with Gasteiger partial charge in [-0.3, -0.25) is 0 Å². The fourth-order valence-corrected chi connectivity index (χ4v) is 2.28. The van der Waals surface area contributed by atoms with E-state index in [1.165, 1.54) is 32.1 Å². The highest BCUT2D eigenvalue weighted by atomic mass is 14.9. The van der Waals surface area contributed by atoms with Crippen LogP contribution in [0.1, 0.15) is 46.0 Å². The molecule has 1 aliphatic carbocycles. The van der Waals surface area contributed by atoms with Crippen molar-refractivity contribution >= 4 is 0 Å².